The summed E-state index contributed by atoms with van der Waals surface area (Å²) in [5, 5.41) is 4.10. The molecule has 0 aliphatic rings. The zero-order valence-corrected chi connectivity index (χ0v) is 14.8. The predicted molar refractivity (Wildman–Crippen MR) is 101 cm³/mol. The summed E-state index contributed by atoms with van der Waals surface area (Å²) in [4.78, 5) is 4.76. The maximum atomic E-state index is 5.57. The fourth-order valence-electron chi connectivity index (χ4n) is 3.00. The van der Waals surface area contributed by atoms with Crippen molar-refractivity contribution in [1.29, 1.82) is 0 Å². The third-order valence-corrected chi connectivity index (χ3v) is 4.35. The molecule has 0 aliphatic heterocycles. The number of rotatable bonds is 4. The van der Waals surface area contributed by atoms with Gasteiger partial charge in [0.1, 0.15) is 11.2 Å². The summed E-state index contributed by atoms with van der Waals surface area (Å²) >= 11 is 0. The fourth-order valence-corrected chi connectivity index (χ4v) is 3.00. The van der Waals surface area contributed by atoms with E-state index in [1.807, 2.05) is 61.5 Å². The van der Waals surface area contributed by atoms with Crippen LogP contribution in [0.15, 0.2) is 59.1 Å². The molecule has 2 aromatic carbocycles. The normalized spacial score (nSPS) is 10.9. The van der Waals surface area contributed by atoms with Gasteiger partial charge in [0.2, 0.25) is 0 Å². The van der Waals surface area contributed by atoms with Crippen molar-refractivity contribution in [2.45, 2.75) is 6.92 Å². The quantitative estimate of drug-likeness (QED) is 0.527. The first-order valence-corrected chi connectivity index (χ1v) is 8.26. The molecule has 0 saturated heterocycles. The Hall–Kier alpha value is -3.34. The Bertz CT molecular complexity index is 1070. The molecule has 0 atom stereocenters. The van der Waals surface area contributed by atoms with Gasteiger partial charge in [-0.2, -0.15) is 0 Å². The minimum atomic E-state index is 0.660. The molecule has 0 saturated carbocycles. The molecule has 0 fully saturated rings. The number of pyridine rings is 1. The second-order valence-electron chi connectivity index (χ2n) is 5.94. The van der Waals surface area contributed by atoms with E-state index in [-0.39, 0.29) is 0 Å². The third-order valence-electron chi connectivity index (χ3n) is 4.35. The van der Waals surface area contributed by atoms with Gasteiger partial charge >= 0.3 is 0 Å². The summed E-state index contributed by atoms with van der Waals surface area (Å²) in [7, 11) is 3.24. The second kappa shape index (κ2) is 6.52. The molecule has 4 rings (SSSR count). The van der Waals surface area contributed by atoms with Gasteiger partial charge in [-0.15, -0.1) is 0 Å². The molecule has 2 aromatic heterocycles. The summed E-state index contributed by atoms with van der Waals surface area (Å²) in [5.74, 6) is 1.34. The lowest BCUT2D eigenvalue weighted by molar-refractivity contribution is 0.355. The van der Waals surface area contributed by atoms with Crippen LogP contribution in [0.4, 0.5) is 0 Å². The zero-order valence-electron chi connectivity index (χ0n) is 14.8. The van der Waals surface area contributed by atoms with Crippen LogP contribution in [0, 0.1) is 6.92 Å². The number of benzene rings is 2. The lowest BCUT2D eigenvalue weighted by Crippen LogP contribution is -1.92. The maximum absolute atomic E-state index is 5.57. The van der Waals surface area contributed by atoms with Gasteiger partial charge < -0.3 is 14.0 Å². The molecule has 5 nitrogen and oxygen atoms in total. The van der Waals surface area contributed by atoms with Gasteiger partial charge in [0, 0.05) is 11.1 Å². The van der Waals surface area contributed by atoms with Crippen LogP contribution in [0.1, 0.15) is 5.69 Å². The van der Waals surface area contributed by atoms with E-state index < -0.39 is 0 Å². The first-order chi connectivity index (χ1) is 12.7. The van der Waals surface area contributed by atoms with Crippen LogP contribution < -0.4 is 9.47 Å². The molecule has 0 unspecified atom stereocenters. The second-order valence-corrected chi connectivity index (χ2v) is 5.94. The maximum Gasteiger partial charge on any atom is 0.193 e. The predicted octanol–water partition coefficient (Wildman–Crippen LogP) is 4.88. The van der Waals surface area contributed by atoms with Crippen molar-refractivity contribution in [3.8, 4) is 33.9 Å². The smallest absolute Gasteiger partial charge is 0.193 e. The van der Waals surface area contributed by atoms with Crippen LogP contribution in [0.25, 0.3) is 33.5 Å². The highest BCUT2D eigenvalue weighted by Gasteiger charge is 2.17. The molecular weight excluding hydrogens is 328 g/mol. The average Bonchev–Trinajstić information content (AvgIpc) is 3.08. The number of hydrogen-bond donors (Lipinski definition) is 0. The monoisotopic (exact) mass is 346 g/mol. The summed E-state index contributed by atoms with van der Waals surface area (Å²) in [6, 6.07) is 17.9. The van der Waals surface area contributed by atoms with Crippen LogP contribution in [0.2, 0.25) is 0 Å². The highest BCUT2D eigenvalue weighted by Crippen LogP contribution is 2.37. The summed E-state index contributed by atoms with van der Waals surface area (Å²) < 4.78 is 16.4. The molecule has 26 heavy (non-hydrogen) atoms. The Morgan fingerprint density at radius 3 is 2.35 bits per heavy atom. The number of aryl methyl sites for hydroxylation is 1. The lowest BCUT2D eigenvalue weighted by Gasteiger charge is -2.11. The first kappa shape index (κ1) is 16.1. The molecule has 0 spiro atoms. The van der Waals surface area contributed by atoms with Gasteiger partial charge in [0.05, 0.1) is 19.9 Å². The van der Waals surface area contributed by atoms with Crippen LogP contribution in [-0.2, 0) is 0 Å². The molecule has 5 heteroatoms. The van der Waals surface area contributed by atoms with Crippen LogP contribution in [-0.4, -0.2) is 24.4 Å². The van der Waals surface area contributed by atoms with E-state index in [2.05, 4.69) is 5.16 Å². The molecule has 130 valence electrons. The molecule has 0 amide bonds. The first-order valence-electron chi connectivity index (χ1n) is 8.26. The van der Waals surface area contributed by atoms with Crippen molar-refractivity contribution in [2.75, 3.05) is 14.2 Å². The van der Waals surface area contributed by atoms with Crippen molar-refractivity contribution < 1.29 is 14.0 Å². The number of methoxy groups -OCH3 is 2. The number of nitrogens with zero attached hydrogens (tertiary/aromatic N) is 2. The van der Waals surface area contributed by atoms with Crippen LogP contribution in [0.5, 0.6) is 11.5 Å². The van der Waals surface area contributed by atoms with Gasteiger partial charge in [-0.25, -0.2) is 4.98 Å². The van der Waals surface area contributed by atoms with Crippen molar-refractivity contribution >= 4 is 11.1 Å². The van der Waals surface area contributed by atoms with E-state index in [4.69, 9.17) is 19.0 Å². The van der Waals surface area contributed by atoms with E-state index in [0.717, 1.165) is 33.6 Å². The Morgan fingerprint density at radius 1 is 0.846 bits per heavy atom. The van der Waals surface area contributed by atoms with Gasteiger partial charge in [-0.1, -0.05) is 41.6 Å². The molecule has 0 radical (unpaired) electrons. The highest BCUT2D eigenvalue weighted by atomic mass is 16.5. The number of ether oxygens (including phenoxy) is 2. The molecule has 0 bridgehead atoms. The van der Waals surface area contributed by atoms with E-state index >= 15 is 0 Å². The summed E-state index contributed by atoms with van der Waals surface area (Å²) in [6.45, 7) is 1.89. The van der Waals surface area contributed by atoms with E-state index in [1.165, 1.54) is 0 Å². The summed E-state index contributed by atoms with van der Waals surface area (Å²) in [6.07, 6.45) is 0. The van der Waals surface area contributed by atoms with Gasteiger partial charge in [-0.3, -0.25) is 0 Å². The van der Waals surface area contributed by atoms with Crippen molar-refractivity contribution in [3.63, 3.8) is 0 Å². The van der Waals surface area contributed by atoms with Crippen LogP contribution in [0.3, 0.4) is 0 Å². The SMILES string of the molecule is COc1ccc(-c2cc(-c3ccccc3)nc3c(C)noc23)cc1OC. The standard InChI is InChI=1S/C21H18N2O3/c1-13-20-21(26-23-13)16(12-17(22-20)14-7-5-4-6-8-14)15-9-10-18(24-2)19(11-15)25-3/h4-12H,1-3H3. The molecule has 2 heterocycles. The third kappa shape index (κ3) is 2.67. The Kier molecular flexibility index (Phi) is 4.05. The van der Waals surface area contributed by atoms with Crippen molar-refractivity contribution in [3.05, 3.63) is 60.3 Å². The minimum Gasteiger partial charge on any atom is -0.493 e. The van der Waals surface area contributed by atoms with E-state index in [9.17, 15) is 0 Å². The lowest BCUT2D eigenvalue weighted by atomic mass is 10.0. The topological polar surface area (TPSA) is 57.4 Å². The Labute approximate surface area is 151 Å². The largest absolute Gasteiger partial charge is 0.493 e. The van der Waals surface area contributed by atoms with E-state index in [0.29, 0.717) is 17.1 Å². The molecule has 0 N–H and O–H groups in total. The fraction of sp³-hybridized carbons (Fsp3) is 0.143. The van der Waals surface area contributed by atoms with Crippen LogP contribution >= 0.6 is 0 Å². The number of hydrogen-bond acceptors (Lipinski definition) is 5. The molecular formula is C21H18N2O3. The number of fused-ring (bicyclic) bond motifs is 1. The molecule has 0 aliphatic carbocycles. The average molecular weight is 346 g/mol. The van der Waals surface area contributed by atoms with Crippen molar-refractivity contribution in [1.82, 2.24) is 10.1 Å². The Morgan fingerprint density at radius 2 is 1.62 bits per heavy atom. The van der Waals surface area contributed by atoms with Gasteiger partial charge in [-0.05, 0) is 30.7 Å². The minimum absolute atomic E-state index is 0.660. The van der Waals surface area contributed by atoms with Gasteiger partial charge in [0.25, 0.3) is 0 Å². The zero-order chi connectivity index (χ0) is 18.1. The molecule has 4 aromatic rings. The summed E-state index contributed by atoms with van der Waals surface area (Å²) in [5.41, 5.74) is 5.95. The van der Waals surface area contributed by atoms with Gasteiger partial charge in [0.15, 0.2) is 17.1 Å². The Balaban J connectivity index is 1.97. The highest BCUT2D eigenvalue weighted by molar-refractivity contribution is 5.94. The number of aromatic nitrogens is 2. The van der Waals surface area contributed by atoms with Crippen molar-refractivity contribution in [2.24, 2.45) is 0 Å². The van der Waals surface area contributed by atoms with E-state index in [1.54, 1.807) is 14.2 Å².